The zero-order valence-electron chi connectivity index (χ0n) is 14.5. The third-order valence-electron chi connectivity index (χ3n) is 3.94. The molecule has 1 nitrogen and oxygen atoms in total. The number of nitrogens with zero attached hydrogens (tertiary/aromatic N) is 1. The summed E-state index contributed by atoms with van der Waals surface area (Å²) >= 11 is 2.05. The van der Waals surface area contributed by atoms with E-state index in [1.54, 1.807) is 0 Å². The number of hydrogen-bond donors (Lipinski definition) is 0. The molecule has 0 radical (unpaired) electrons. The Kier molecular flexibility index (Phi) is 15.5. The summed E-state index contributed by atoms with van der Waals surface area (Å²) in [7, 11) is 0. The molecule has 0 spiro atoms. The molecule has 1 aromatic heterocycles. The van der Waals surface area contributed by atoms with Crippen molar-refractivity contribution in [3.8, 4) is 0 Å². The van der Waals surface area contributed by atoms with Crippen molar-refractivity contribution in [3.63, 3.8) is 0 Å². The van der Waals surface area contributed by atoms with E-state index in [4.69, 9.17) is 0 Å². The van der Waals surface area contributed by atoms with Crippen LogP contribution in [0.25, 0.3) is 0 Å². The first-order valence-electron chi connectivity index (χ1n) is 8.86. The highest BCUT2D eigenvalue weighted by molar-refractivity contribution is 7.98. The minimum atomic E-state index is 0. The lowest BCUT2D eigenvalue weighted by molar-refractivity contribution is -0.676. The van der Waals surface area contributed by atoms with Gasteiger partial charge in [0.15, 0.2) is 18.3 Å². The van der Waals surface area contributed by atoms with Crippen LogP contribution in [0, 0.1) is 6.92 Å². The van der Waals surface area contributed by atoms with Gasteiger partial charge in [-0.15, -0.1) is 0 Å². The van der Waals surface area contributed by atoms with Gasteiger partial charge in [0.2, 0.25) is 0 Å². The minimum absolute atomic E-state index is 0. The van der Waals surface area contributed by atoms with Crippen LogP contribution in [-0.4, -0.2) is 5.75 Å². The second-order valence-corrected chi connectivity index (χ2v) is 7.18. The molecule has 22 heavy (non-hydrogen) atoms. The maximum atomic E-state index is 2.29. The minimum Gasteiger partial charge on any atom is -1.00 e. The Morgan fingerprint density at radius 1 is 0.818 bits per heavy atom. The van der Waals surface area contributed by atoms with E-state index in [-0.39, 0.29) is 12.4 Å². The van der Waals surface area contributed by atoms with Gasteiger partial charge in [0.05, 0.1) is 0 Å². The number of aryl methyl sites for hydroxylation is 1. The highest BCUT2D eigenvalue weighted by Crippen LogP contribution is 2.12. The largest absolute Gasteiger partial charge is 1.00 e. The van der Waals surface area contributed by atoms with Crippen molar-refractivity contribution < 1.29 is 17.0 Å². The van der Waals surface area contributed by atoms with Gasteiger partial charge in [-0.2, -0.15) is 4.57 Å². The van der Waals surface area contributed by atoms with E-state index in [9.17, 15) is 0 Å². The topological polar surface area (TPSA) is 3.88 Å². The average molecular weight is 344 g/mol. The number of unbranched alkanes of at least 4 members (excludes halogenated alkanes) is 9. The van der Waals surface area contributed by atoms with E-state index >= 15 is 0 Å². The first-order chi connectivity index (χ1) is 10.3. The molecular formula is C19H34ClNS. The molecule has 0 aliphatic heterocycles. The van der Waals surface area contributed by atoms with Crippen LogP contribution in [0.5, 0.6) is 0 Å². The van der Waals surface area contributed by atoms with Crippen LogP contribution in [0.1, 0.15) is 76.7 Å². The summed E-state index contributed by atoms with van der Waals surface area (Å²) in [6.07, 6.45) is 18.6. The molecule has 3 heteroatoms. The van der Waals surface area contributed by atoms with Gasteiger partial charge < -0.3 is 12.4 Å². The number of pyridine rings is 1. The van der Waals surface area contributed by atoms with Crippen molar-refractivity contribution in [1.29, 1.82) is 0 Å². The molecule has 0 aliphatic rings. The van der Waals surface area contributed by atoms with Crippen molar-refractivity contribution in [3.05, 3.63) is 30.1 Å². The Bertz CT molecular complexity index is 340. The molecule has 0 fully saturated rings. The summed E-state index contributed by atoms with van der Waals surface area (Å²) < 4.78 is 2.27. The Balaban J connectivity index is 0.00000441. The van der Waals surface area contributed by atoms with E-state index in [0.29, 0.717) is 0 Å². The van der Waals surface area contributed by atoms with Crippen LogP contribution in [0.2, 0.25) is 0 Å². The molecule has 0 bridgehead atoms. The summed E-state index contributed by atoms with van der Waals surface area (Å²) in [4.78, 5) is 0. The Morgan fingerprint density at radius 2 is 1.32 bits per heavy atom. The van der Waals surface area contributed by atoms with Crippen molar-refractivity contribution in [2.75, 3.05) is 5.75 Å². The molecule has 128 valence electrons. The third-order valence-corrected chi connectivity index (χ3v) is 5.00. The standard InChI is InChI=1S/C19H34NS.ClH/c1-3-4-5-6-7-8-9-10-11-12-17-21-18-20-15-13-19(2)14-16-20;/h13-16H,3-12,17-18H2,1-2H3;1H/q+1;/p-1. The number of rotatable bonds is 13. The van der Waals surface area contributed by atoms with Crippen molar-refractivity contribution >= 4 is 11.8 Å². The fourth-order valence-electron chi connectivity index (χ4n) is 2.48. The molecule has 1 heterocycles. The number of hydrogen-bond acceptors (Lipinski definition) is 1. The van der Waals surface area contributed by atoms with Crippen molar-refractivity contribution in [2.24, 2.45) is 0 Å². The zero-order valence-corrected chi connectivity index (χ0v) is 16.1. The second kappa shape index (κ2) is 15.7. The van der Waals surface area contributed by atoms with Gasteiger partial charge in [-0.25, -0.2) is 0 Å². The highest BCUT2D eigenvalue weighted by Gasteiger charge is 1.99. The van der Waals surface area contributed by atoms with E-state index in [2.05, 4.69) is 54.7 Å². The first kappa shape index (κ1) is 21.8. The Morgan fingerprint density at radius 3 is 1.86 bits per heavy atom. The molecule has 0 unspecified atom stereocenters. The van der Waals surface area contributed by atoms with Gasteiger partial charge in [-0.05, 0) is 24.7 Å². The molecule has 0 amide bonds. The second-order valence-electron chi connectivity index (χ2n) is 6.11. The van der Waals surface area contributed by atoms with E-state index in [1.165, 1.54) is 75.5 Å². The predicted octanol–water partition coefficient (Wildman–Crippen LogP) is 2.90. The lowest BCUT2D eigenvalue weighted by Gasteiger charge is -2.02. The smallest absolute Gasteiger partial charge is 0.194 e. The van der Waals surface area contributed by atoms with Gasteiger partial charge in [0, 0.05) is 12.1 Å². The normalized spacial score (nSPS) is 10.5. The molecule has 0 saturated heterocycles. The fraction of sp³-hybridized carbons (Fsp3) is 0.737. The summed E-state index contributed by atoms with van der Waals surface area (Å²) in [5.74, 6) is 2.40. The molecule has 0 saturated carbocycles. The molecule has 0 aliphatic carbocycles. The van der Waals surface area contributed by atoms with E-state index in [0.717, 1.165) is 5.88 Å². The fourth-order valence-corrected chi connectivity index (χ4v) is 3.40. The molecule has 1 aromatic rings. The monoisotopic (exact) mass is 343 g/mol. The summed E-state index contributed by atoms with van der Waals surface area (Å²) in [6.45, 7) is 4.43. The van der Waals surface area contributed by atoms with Crippen molar-refractivity contribution in [1.82, 2.24) is 0 Å². The maximum Gasteiger partial charge on any atom is 0.194 e. The quantitative estimate of drug-likeness (QED) is 0.393. The van der Waals surface area contributed by atoms with E-state index in [1.807, 2.05) is 0 Å². The van der Waals surface area contributed by atoms with Gasteiger partial charge in [0.1, 0.15) is 0 Å². The number of thioether (sulfide) groups is 1. The van der Waals surface area contributed by atoms with Gasteiger partial charge in [0.25, 0.3) is 0 Å². The summed E-state index contributed by atoms with van der Waals surface area (Å²) in [5, 5.41) is 0. The van der Waals surface area contributed by atoms with Crippen LogP contribution >= 0.6 is 11.8 Å². The lowest BCUT2D eigenvalue weighted by Crippen LogP contribution is -3.00. The SMILES string of the molecule is CCCCCCCCCCCCSC[n+]1ccc(C)cc1.[Cl-]. The Hall–Kier alpha value is -0.210. The average Bonchev–Trinajstić information content (AvgIpc) is 2.50. The van der Waals surface area contributed by atoms with E-state index < -0.39 is 0 Å². The molecule has 0 aromatic carbocycles. The van der Waals surface area contributed by atoms with Crippen molar-refractivity contribution in [2.45, 2.75) is 83.9 Å². The predicted molar refractivity (Wildman–Crippen MR) is 95.7 cm³/mol. The summed E-state index contributed by atoms with van der Waals surface area (Å²) in [5.41, 5.74) is 1.34. The van der Waals surface area contributed by atoms with Gasteiger partial charge in [-0.3, -0.25) is 0 Å². The maximum absolute atomic E-state index is 2.29. The van der Waals surface area contributed by atoms with Crippen LogP contribution in [-0.2, 0) is 5.88 Å². The van der Waals surface area contributed by atoms with Crippen LogP contribution in [0.15, 0.2) is 24.5 Å². The third kappa shape index (κ3) is 12.3. The van der Waals surface area contributed by atoms with Crippen LogP contribution < -0.4 is 17.0 Å². The Labute approximate surface area is 148 Å². The zero-order chi connectivity index (χ0) is 15.2. The first-order valence-corrected chi connectivity index (χ1v) is 10.0. The molecule has 0 atom stereocenters. The summed E-state index contributed by atoms with van der Waals surface area (Å²) in [6, 6.07) is 4.36. The molecule has 0 N–H and O–H groups in total. The lowest BCUT2D eigenvalue weighted by atomic mass is 10.1. The molecule has 1 rings (SSSR count). The number of aromatic nitrogens is 1. The molecular weight excluding hydrogens is 310 g/mol. The van der Waals surface area contributed by atoms with Crippen LogP contribution in [0.4, 0.5) is 0 Å². The number of halogens is 1. The van der Waals surface area contributed by atoms with Gasteiger partial charge >= 0.3 is 0 Å². The van der Waals surface area contributed by atoms with Gasteiger partial charge in [-0.1, -0.05) is 76.5 Å². The highest BCUT2D eigenvalue weighted by atomic mass is 35.5. The van der Waals surface area contributed by atoms with Crippen LogP contribution in [0.3, 0.4) is 0 Å².